The molecular weight excluding hydrogens is 192 g/mol. The van der Waals surface area contributed by atoms with Crippen LogP contribution in [0.25, 0.3) is 10.9 Å². The molecule has 0 fully saturated rings. The average Bonchev–Trinajstić information content (AvgIpc) is 2.28. The smallest absolute Gasteiger partial charge is 0.151 e. The first-order valence-electron chi connectivity index (χ1n) is 4.53. The zero-order valence-corrected chi connectivity index (χ0v) is 8.65. The van der Waals surface area contributed by atoms with Gasteiger partial charge in [0.1, 0.15) is 11.3 Å². The van der Waals surface area contributed by atoms with Crippen LogP contribution in [-0.2, 0) is 0 Å². The van der Waals surface area contributed by atoms with Crippen LogP contribution in [0.5, 0.6) is 11.5 Å². The maximum Gasteiger partial charge on any atom is 0.151 e. The van der Waals surface area contributed by atoms with Gasteiger partial charge in [0.2, 0.25) is 0 Å². The molecule has 15 heavy (non-hydrogen) atoms. The molecule has 1 aromatic heterocycles. The number of nitrogens with zero attached hydrogens (tertiary/aromatic N) is 1. The Morgan fingerprint density at radius 1 is 1.27 bits per heavy atom. The highest BCUT2D eigenvalue weighted by atomic mass is 16.5. The Morgan fingerprint density at radius 3 is 2.73 bits per heavy atom. The van der Waals surface area contributed by atoms with Crippen molar-refractivity contribution in [2.24, 2.45) is 0 Å². The molecule has 0 spiro atoms. The van der Waals surface area contributed by atoms with Gasteiger partial charge in [-0.2, -0.15) is 0 Å². The number of fused-ring (bicyclic) bond motifs is 1. The molecule has 0 unspecified atom stereocenters. The second-order valence-electron chi connectivity index (χ2n) is 3.10. The number of hydrogen-bond donors (Lipinski definition) is 1. The van der Waals surface area contributed by atoms with Gasteiger partial charge in [0.05, 0.1) is 19.9 Å². The lowest BCUT2D eigenvalue weighted by Crippen LogP contribution is -1.96. The summed E-state index contributed by atoms with van der Waals surface area (Å²) in [6, 6.07) is 5.46. The van der Waals surface area contributed by atoms with Gasteiger partial charge in [-0.15, -0.1) is 0 Å². The zero-order chi connectivity index (χ0) is 10.8. The van der Waals surface area contributed by atoms with E-state index in [1.165, 1.54) is 0 Å². The lowest BCUT2D eigenvalue weighted by molar-refractivity contribution is 0.411. The molecule has 2 rings (SSSR count). The highest BCUT2D eigenvalue weighted by Gasteiger charge is 2.11. The van der Waals surface area contributed by atoms with Gasteiger partial charge in [-0.1, -0.05) is 0 Å². The number of ether oxygens (including phenoxy) is 2. The summed E-state index contributed by atoms with van der Waals surface area (Å²) in [5, 5.41) is 0.858. The van der Waals surface area contributed by atoms with E-state index in [1.807, 2.05) is 12.1 Å². The minimum atomic E-state index is 0.551. The van der Waals surface area contributed by atoms with Crippen LogP contribution in [0.15, 0.2) is 24.4 Å². The van der Waals surface area contributed by atoms with Crippen molar-refractivity contribution in [1.82, 2.24) is 4.98 Å². The van der Waals surface area contributed by atoms with Crippen LogP contribution in [-0.4, -0.2) is 19.2 Å². The Labute approximate surface area is 87.6 Å². The van der Waals surface area contributed by atoms with Gasteiger partial charge in [-0.25, -0.2) is 0 Å². The number of anilines is 1. The normalized spacial score (nSPS) is 10.3. The fourth-order valence-corrected chi connectivity index (χ4v) is 1.60. The topological polar surface area (TPSA) is 57.4 Å². The molecular formula is C11H12N2O2. The minimum absolute atomic E-state index is 0.551. The van der Waals surface area contributed by atoms with E-state index in [2.05, 4.69) is 4.98 Å². The van der Waals surface area contributed by atoms with E-state index in [9.17, 15) is 0 Å². The molecule has 1 aromatic carbocycles. The summed E-state index contributed by atoms with van der Waals surface area (Å²) in [5.41, 5.74) is 7.15. The molecule has 0 saturated heterocycles. The summed E-state index contributed by atoms with van der Waals surface area (Å²) in [7, 11) is 3.18. The van der Waals surface area contributed by atoms with Crippen molar-refractivity contribution in [2.45, 2.75) is 0 Å². The number of aromatic nitrogens is 1. The van der Waals surface area contributed by atoms with Gasteiger partial charge in [-0.05, 0) is 12.1 Å². The maximum absolute atomic E-state index is 5.84. The van der Waals surface area contributed by atoms with E-state index in [0.717, 1.165) is 10.9 Å². The first-order chi connectivity index (χ1) is 7.27. The number of nitrogen functional groups attached to an aromatic ring is 1. The van der Waals surface area contributed by atoms with Crippen molar-refractivity contribution in [2.75, 3.05) is 20.0 Å². The number of nitrogens with two attached hydrogens (primary N) is 1. The molecule has 0 amide bonds. The van der Waals surface area contributed by atoms with Crippen molar-refractivity contribution in [1.29, 1.82) is 0 Å². The van der Waals surface area contributed by atoms with Gasteiger partial charge >= 0.3 is 0 Å². The first kappa shape index (κ1) is 9.58. The molecule has 0 aliphatic carbocycles. The fraction of sp³-hybridized carbons (Fsp3) is 0.182. The Hall–Kier alpha value is -1.97. The first-order valence-corrected chi connectivity index (χ1v) is 4.53. The third-order valence-electron chi connectivity index (χ3n) is 2.26. The quantitative estimate of drug-likeness (QED) is 0.758. The number of methoxy groups -OCH3 is 2. The lowest BCUT2D eigenvalue weighted by Gasteiger charge is -2.11. The third kappa shape index (κ3) is 1.44. The summed E-state index contributed by atoms with van der Waals surface area (Å²) in [6.45, 7) is 0. The Balaban J connectivity index is 2.86. The van der Waals surface area contributed by atoms with Gasteiger partial charge in [0.25, 0.3) is 0 Å². The lowest BCUT2D eigenvalue weighted by atomic mass is 10.1. The number of rotatable bonds is 2. The van der Waals surface area contributed by atoms with E-state index in [4.69, 9.17) is 15.2 Å². The molecule has 0 atom stereocenters. The highest BCUT2D eigenvalue weighted by Crippen LogP contribution is 2.36. The van der Waals surface area contributed by atoms with Crippen LogP contribution < -0.4 is 15.2 Å². The predicted molar refractivity (Wildman–Crippen MR) is 59.3 cm³/mol. The Bertz CT molecular complexity index is 497. The second-order valence-corrected chi connectivity index (χ2v) is 3.10. The van der Waals surface area contributed by atoms with Crippen LogP contribution in [0.3, 0.4) is 0 Å². The highest BCUT2D eigenvalue weighted by molar-refractivity contribution is 5.94. The number of hydrogen-bond acceptors (Lipinski definition) is 4. The third-order valence-corrected chi connectivity index (χ3v) is 2.26. The van der Waals surface area contributed by atoms with Crippen molar-refractivity contribution >= 4 is 16.6 Å². The standard InChI is InChI=1S/C11H12N2O2/c1-14-9-6-8(12)11(15-2)7-4-3-5-13-10(7)9/h3-6H,12H2,1-2H3. The molecule has 78 valence electrons. The van der Waals surface area contributed by atoms with E-state index in [0.29, 0.717) is 17.2 Å². The molecule has 1 heterocycles. The zero-order valence-electron chi connectivity index (χ0n) is 8.65. The van der Waals surface area contributed by atoms with Gasteiger partial charge < -0.3 is 15.2 Å². The van der Waals surface area contributed by atoms with Crippen molar-refractivity contribution in [3.8, 4) is 11.5 Å². The minimum Gasteiger partial charge on any atom is -0.494 e. The fourth-order valence-electron chi connectivity index (χ4n) is 1.60. The van der Waals surface area contributed by atoms with Gasteiger partial charge in [0, 0.05) is 17.6 Å². The van der Waals surface area contributed by atoms with Crippen LogP contribution in [0.2, 0.25) is 0 Å². The van der Waals surface area contributed by atoms with Crippen molar-refractivity contribution in [3.63, 3.8) is 0 Å². The molecule has 0 saturated carbocycles. The molecule has 2 N–H and O–H groups in total. The van der Waals surface area contributed by atoms with Crippen LogP contribution in [0.1, 0.15) is 0 Å². The Morgan fingerprint density at radius 2 is 2.07 bits per heavy atom. The van der Waals surface area contributed by atoms with Gasteiger partial charge in [-0.3, -0.25) is 4.98 Å². The molecule has 4 heteroatoms. The summed E-state index contributed by atoms with van der Waals surface area (Å²) < 4.78 is 10.4. The second kappa shape index (κ2) is 3.65. The molecule has 2 aromatic rings. The Kier molecular flexibility index (Phi) is 2.33. The van der Waals surface area contributed by atoms with Crippen LogP contribution >= 0.6 is 0 Å². The largest absolute Gasteiger partial charge is 0.494 e. The summed E-state index contributed by atoms with van der Waals surface area (Å²) in [5.74, 6) is 1.29. The summed E-state index contributed by atoms with van der Waals surface area (Å²) in [6.07, 6.45) is 1.71. The molecule has 4 nitrogen and oxygen atoms in total. The number of benzene rings is 1. The van der Waals surface area contributed by atoms with E-state index in [1.54, 1.807) is 26.5 Å². The SMILES string of the molecule is COc1c(N)cc(OC)c2ncccc12. The molecule has 0 radical (unpaired) electrons. The molecule has 0 aliphatic rings. The van der Waals surface area contributed by atoms with Crippen molar-refractivity contribution in [3.05, 3.63) is 24.4 Å². The van der Waals surface area contributed by atoms with E-state index >= 15 is 0 Å². The molecule has 0 aliphatic heterocycles. The maximum atomic E-state index is 5.84. The summed E-state index contributed by atoms with van der Waals surface area (Å²) in [4.78, 5) is 4.24. The summed E-state index contributed by atoms with van der Waals surface area (Å²) >= 11 is 0. The van der Waals surface area contributed by atoms with Gasteiger partial charge in [0.15, 0.2) is 5.75 Å². The monoisotopic (exact) mass is 204 g/mol. The van der Waals surface area contributed by atoms with Crippen LogP contribution in [0.4, 0.5) is 5.69 Å². The van der Waals surface area contributed by atoms with E-state index < -0.39 is 0 Å². The molecule has 0 bridgehead atoms. The predicted octanol–water partition coefficient (Wildman–Crippen LogP) is 1.83. The van der Waals surface area contributed by atoms with Crippen molar-refractivity contribution < 1.29 is 9.47 Å². The van der Waals surface area contributed by atoms with Crippen LogP contribution in [0, 0.1) is 0 Å². The number of pyridine rings is 1. The average molecular weight is 204 g/mol. The van der Waals surface area contributed by atoms with E-state index in [-0.39, 0.29) is 0 Å².